The largest absolute Gasteiger partial charge is 0.0991 e. The Bertz CT molecular complexity index is 558. The van der Waals surface area contributed by atoms with Crippen LogP contribution < -0.4 is 0 Å². The van der Waals surface area contributed by atoms with Gasteiger partial charge in [0.1, 0.15) is 0 Å². The van der Waals surface area contributed by atoms with E-state index in [0.717, 1.165) is 5.57 Å². The second-order valence-electron chi connectivity index (χ2n) is 4.67. The Kier molecular flexibility index (Phi) is 12.3. The molecular weight excluding hydrogens is 276 g/mol. The summed E-state index contributed by atoms with van der Waals surface area (Å²) in [6.45, 7) is 16.4. The lowest BCUT2D eigenvalue weighted by Crippen LogP contribution is -1.63. The Morgan fingerprint density at radius 3 is 1.30 bits per heavy atom. The Morgan fingerprint density at radius 2 is 1.13 bits per heavy atom. The summed E-state index contributed by atoms with van der Waals surface area (Å²) in [5.41, 5.74) is 3.40. The normalized spacial score (nSPS) is 8.74. The van der Waals surface area contributed by atoms with Gasteiger partial charge in [-0.3, -0.25) is 0 Å². The van der Waals surface area contributed by atoms with Crippen molar-refractivity contribution in [2.24, 2.45) is 0 Å². The Balaban J connectivity index is 0.000000317. The van der Waals surface area contributed by atoms with Crippen LogP contribution in [0.3, 0.4) is 0 Å². The first kappa shape index (κ1) is 20.1. The fraction of sp³-hybridized carbons (Fsp3) is 0.0435. The van der Waals surface area contributed by atoms with Gasteiger partial charge >= 0.3 is 0 Å². The second-order valence-corrected chi connectivity index (χ2v) is 4.67. The molecule has 23 heavy (non-hydrogen) atoms. The van der Waals surface area contributed by atoms with Crippen LogP contribution in [0.15, 0.2) is 111 Å². The third-order valence-corrected chi connectivity index (χ3v) is 2.59. The first-order valence-electron chi connectivity index (χ1n) is 7.43. The molecule has 0 saturated carbocycles. The predicted molar refractivity (Wildman–Crippen MR) is 107 cm³/mol. The molecule has 0 heteroatoms. The Hall–Kier alpha value is -2.86. The predicted octanol–water partition coefficient (Wildman–Crippen LogP) is 6.96. The van der Waals surface area contributed by atoms with Crippen LogP contribution in [0, 0.1) is 0 Å². The molecule has 0 N–H and O–H groups in total. The van der Waals surface area contributed by atoms with Gasteiger partial charge in [-0.25, -0.2) is 0 Å². The summed E-state index contributed by atoms with van der Waals surface area (Å²) in [5, 5.41) is 0. The van der Waals surface area contributed by atoms with E-state index in [9.17, 15) is 0 Å². The Labute approximate surface area is 141 Å². The zero-order chi connectivity index (χ0) is 17.3. The first-order valence-corrected chi connectivity index (χ1v) is 7.43. The topological polar surface area (TPSA) is 0 Å². The summed E-state index contributed by atoms with van der Waals surface area (Å²) < 4.78 is 0. The molecule has 0 nitrogen and oxygen atoms in total. The highest BCUT2D eigenvalue weighted by Crippen LogP contribution is 1.98. The van der Waals surface area contributed by atoms with Crippen molar-refractivity contribution in [3.63, 3.8) is 0 Å². The fourth-order valence-electron chi connectivity index (χ4n) is 1.41. The van der Waals surface area contributed by atoms with Crippen molar-refractivity contribution in [3.05, 3.63) is 122 Å². The lowest BCUT2D eigenvalue weighted by atomic mass is 10.2. The molecule has 0 saturated heterocycles. The molecule has 2 rings (SSSR count). The van der Waals surface area contributed by atoms with E-state index >= 15 is 0 Å². The highest BCUT2D eigenvalue weighted by atomic mass is 13.8. The molecule has 2 aromatic rings. The van der Waals surface area contributed by atoms with Gasteiger partial charge in [-0.2, -0.15) is 0 Å². The molecule has 0 atom stereocenters. The van der Waals surface area contributed by atoms with E-state index in [1.165, 1.54) is 11.1 Å². The molecule has 0 heterocycles. The molecule has 0 aliphatic carbocycles. The van der Waals surface area contributed by atoms with E-state index in [-0.39, 0.29) is 0 Å². The van der Waals surface area contributed by atoms with Gasteiger partial charge in [0.05, 0.1) is 0 Å². The number of benzene rings is 2. The molecule has 0 spiro atoms. The monoisotopic (exact) mass is 302 g/mol. The smallest absolute Gasteiger partial charge is 0.0263 e. The molecule has 0 fully saturated rings. The van der Waals surface area contributed by atoms with Crippen molar-refractivity contribution in [1.29, 1.82) is 0 Å². The number of hydrogen-bond acceptors (Lipinski definition) is 0. The van der Waals surface area contributed by atoms with Crippen molar-refractivity contribution < 1.29 is 0 Å². The minimum absolute atomic E-state index is 1.06. The zero-order valence-corrected chi connectivity index (χ0v) is 14.0. The highest BCUT2D eigenvalue weighted by Gasteiger charge is 1.76. The number of hydrogen-bond donors (Lipinski definition) is 0. The van der Waals surface area contributed by atoms with Crippen molar-refractivity contribution in [2.75, 3.05) is 0 Å². The maximum atomic E-state index is 3.66. The van der Waals surface area contributed by atoms with Gasteiger partial charge in [-0.05, 0) is 18.1 Å². The number of rotatable bonds is 4. The lowest BCUT2D eigenvalue weighted by molar-refractivity contribution is 1.56. The van der Waals surface area contributed by atoms with Gasteiger partial charge in [0.2, 0.25) is 0 Å². The van der Waals surface area contributed by atoms with Crippen LogP contribution in [0.2, 0.25) is 0 Å². The summed E-state index contributed by atoms with van der Waals surface area (Å²) in [7, 11) is 0. The van der Waals surface area contributed by atoms with Crippen molar-refractivity contribution in [2.45, 2.75) is 6.92 Å². The first-order chi connectivity index (χ1) is 11.1. The molecule has 0 bridgehead atoms. The van der Waals surface area contributed by atoms with E-state index in [1.807, 2.05) is 91.9 Å². The standard InChI is InChI=1S/2C8H8.C7H10/c2*1-2-8-6-4-3-5-7-8;1-4-5-6-7(2)3/h2*2-7H,1H2;4-6H,1-2H2,3H3/b;;6-5+. The van der Waals surface area contributed by atoms with Crippen molar-refractivity contribution >= 4 is 12.2 Å². The average Bonchev–Trinajstić information content (AvgIpc) is 2.62. The van der Waals surface area contributed by atoms with E-state index < -0.39 is 0 Å². The fourth-order valence-corrected chi connectivity index (χ4v) is 1.41. The van der Waals surface area contributed by atoms with Crippen LogP contribution in [0.1, 0.15) is 18.1 Å². The Morgan fingerprint density at radius 1 is 0.739 bits per heavy atom. The SMILES string of the molecule is C=C/C=C/C(=C)C.C=Cc1ccccc1.C=Cc1ccccc1. The molecule has 0 aliphatic heterocycles. The summed E-state index contributed by atoms with van der Waals surface area (Å²) in [4.78, 5) is 0. The zero-order valence-electron chi connectivity index (χ0n) is 14.0. The quantitative estimate of drug-likeness (QED) is 0.535. The van der Waals surface area contributed by atoms with Crippen molar-refractivity contribution in [1.82, 2.24) is 0 Å². The maximum absolute atomic E-state index is 3.66. The van der Waals surface area contributed by atoms with Crippen LogP contribution in [-0.2, 0) is 0 Å². The summed E-state index contributed by atoms with van der Waals surface area (Å²) in [6.07, 6.45) is 9.17. The van der Waals surface area contributed by atoms with Gasteiger partial charge in [-0.1, -0.05) is 123 Å². The summed E-state index contributed by atoms with van der Waals surface area (Å²) >= 11 is 0. The van der Waals surface area contributed by atoms with Crippen LogP contribution >= 0.6 is 0 Å². The minimum Gasteiger partial charge on any atom is -0.0991 e. The van der Waals surface area contributed by atoms with Gasteiger partial charge < -0.3 is 0 Å². The lowest BCUT2D eigenvalue weighted by Gasteiger charge is -1.85. The molecular formula is C23H26. The third-order valence-electron chi connectivity index (χ3n) is 2.59. The van der Waals surface area contributed by atoms with E-state index in [1.54, 1.807) is 6.08 Å². The highest BCUT2D eigenvalue weighted by molar-refractivity contribution is 5.46. The van der Waals surface area contributed by atoms with Crippen molar-refractivity contribution in [3.8, 4) is 0 Å². The number of allylic oxidation sites excluding steroid dienone is 4. The van der Waals surface area contributed by atoms with Crippen LogP contribution in [0.5, 0.6) is 0 Å². The maximum Gasteiger partial charge on any atom is -0.0263 e. The molecule has 0 aromatic heterocycles. The van der Waals surface area contributed by atoms with Crippen LogP contribution in [0.4, 0.5) is 0 Å². The van der Waals surface area contributed by atoms with Crippen LogP contribution in [-0.4, -0.2) is 0 Å². The van der Waals surface area contributed by atoms with E-state index in [0.29, 0.717) is 0 Å². The summed E-state index contributed by atoms with van der Waals surface area (Å²) in [5.74, 6) is 0. The van der Waals surface area contributed by atoms with Crippen LogP contribution in [0.25, 0.3) is 12.2 Å². The van der Waals surface area contributed by atoms with E-state index in [4.69, 9.17) is 0 Å². The average molecular weight is 302 g/mol. The molecule has 0 radical (unpaired) electrons. The minimum atomic E-state index is 1.06. The molecule has 0 amide bonds. The molecule has 0 aliphatic rings. The van der Waals surface area contributed by atoms with Gasteiger partial charge in [0.15, 0.2) is 0 Å². The molecule has 118 valence electrons. The van der Waals surface area contributed by atoms with Gasteiger partial charge in [-0.15, -0.1) is 0 Å². The van der Waals surface area contributed by atoms with Gasteiger partial charge in [0, 0.05) is 0 Å². The molecule has 0 unspecified atom stereocenters. The van der Waals surface area contributed by atoms with E-state index in [2.05, 4.69) is 26.3 Å². The third kappa shape index (κ3) is 12.6. The summed E-state index contributed by atoms with van der Waals surface area (Å²) in [6, 6.07) is 20.1. The van der Waals surface area contributed by atoms with Gasteiger partial charge in [0.25, 0.3) is 0 Å². The second kappa shape index (κ2) is 14.1. The molecule has 2 aromatic carbocycles.